The standard InChI is InChI=1S/C80H157N2O7P/c1-7-10-13-16-19-22-25-28-30-32-34-36-38-40-41-43-44-46-48-50-52-54-57-60-63-66-69-72-79(83)81-77(76-88-90(85,86)87-75-74-82(4,5)6)78(71-68-65-62-59-56-27-24-21-18-15-12-9-3)89-80(84)73-70-67-64-61-58-55-53-51-49-47-45-42-39-37-35-33-31-29-26-23-20-17-14-11-8-2/h29,31,68,71,77-78H,7-28,30,32-67,69-70,72-76H2,1-6H3,(H-,81,83,85,86)/b31-29+,71-68+. The number of carbonyl (C=O) groups excluding carboxylic acids is 2. The summed E-state index contributed by atoms with van der Waals surface area (Å²) in [7, 11) is 1.21. The van der Waals surface area contributed by atoms with Gasteiger partial charge in [-0.25, -0.2) is 0 Å². The fourth-order valence-electron chi connectivity index (χ4n) is 12.5. The van der Waals surface area contributed by atoms with Crippen LogP contribution in [0, 0.1) is 0 Å². The molecule has 0 aliphatic carbocycles. The fourth-order valence-corrected chi connectivity index (χ4v) is 13.2. The highest BCUT2D eigenvalue weighted by atomic mass is 31.2. The molecule has 3 unspecified atom stereocenters. The van der Waals surface area contributed by atoms with Crippen LogP contribution in [0.1, 0.15) is 425 Å². The number of amides is 1. The summed E-state index contributed by atoms with van der Waals surface area (Å²) in [5.74, 6) is -0.512. The van der Waals surface area contributed by atoms with Crippen molar-refractivity contribution in [2.24, 2.45) is 0 Å². The minimum atomic E-state index is -4.70. The van der Waals surface area contributed by atoms with Crippen LogP contribution in [0.5, 0.6) is 0 Å². The van der Waals surface area contributed by atoms with Gasteiger partial charge in [0.25, 0.3) is 7.82 Å². The van der Waals surface area contributed by atoms with Gasteiger partial charge >= 0.3 is 5.97 Å². The van der Waals surface area contributed by atoms with Crippen molar-refractivity contribution in [3.8, 4) is 0 Å². The molecule has 90 heavy (non-hydrogen) atoms. The van der Waals surface area contributed by atoms with Crippen LogP contribution in [0.15, 0.2) is 24.3 Å². The lowest BCUT2D eigenvalue weighted by Gasteiger charge is -2.30. The zero-order valence-corrected chi connectivity index (χ0v) is 62.3. The summed E-state index contributed by atoms with van der Waals surface area (Å²) in [6.07, 6.45) is 87.6. The predicted octanol–water partition coefficient (Wildman–Crippen LogP) is 25.3. The van der Waals surface area contributed by atoms with Gasteiger partial charge in [-0.05, 0) is 57.4 Å². The molecule has 0 rings (SSSR count). The maximum Gasteiger partial charge on any atom is 0.306 e. The van der Waals surface area contributed by atoms with E-state index in [0.29, 0.717) is 17.4 Å². The second-order valence-corrected chi connectivity index (χ2v) is 30.3. The number of phosphoric acid groups is 1. The number of unbranched alkanes of at least 4 members (excludes halogenated alkanes) is 57. The summed E-state index contributed by atoms with van der Waals surface area (Å²) in [6, 6.07) is -0.884. The van der Waals surface area contributed by atoms with Crippen LogP contribution in [-0.2, 0) is 27.9 Å². The van der Waals surface area contributed by atoms with Gasteiger partial charge in [-0.2, -0.15) is 0 Å². The summed E-state index contributed by atoms with van der Waals surface area (Å²) < 4.78 is 30.6. The Morgan fingerprint density at radius 1 is 0.378 bits per heavy atom. The fraction of sp³-hybridized carbons (Fsp3) is 0.925. The molecule has 534 valence electrons. The van der Waals surface area contributed by atoms with Crippen LogP contribution in [0.25, 0.3) is 0 Å². The summed E-state index contributed by atoms with van der Waals surface area (Å²) in [5.41, 5.74) is 0. The van der Waals surface area contributed by atoms with Crippen LogP contribution in [-0.4, -0.2) is 69.4 Å². The minimum Gasteiger partial charge on any atom is -0.756 e. The molecule has 0 saturated carbocycles. The molecule has 0 heterocycles. The highest BCUT2D eigenvalue weighted by molar-refractivity contribution is 7.45. The minimum absolute atomic E-state index is 0.0175. The van der Waals surface area contributed by atoms with E-state index >= 15 is 0 Å². The Bertz CT molecular complexity index is 1580. The number of quaternary nitrogens is 1. The molecule has 0 bridgehead atoms. The average molecular weight is 1290 g/mol. The molecule has 1 amide bonds. The second-order valence-electron chi connectivity index (χ2n) is 28.9. The van der Waals surface area contributed by atoms with Crippen LogP contribution < -0.4 is 10.2 Å². The largest absolute Gasteiger partial charge is 0.756 e. The lowest BCUT2D eigenvalue weighted by atomic mass is 10.0. The zero-order valence-electron chi connectivity index (χ0n) is 61.4. The molecule has 0 radical (unpaired) electrons. The Morgan fingerprint density at radius 2 is 0.644 bits per heavy atom. The third kappa shape index (κ3) is 70.8. The normalized spacial score (nSPS) is 13.5. The molecular weight excluding hydrogens is 1130 g/mol. The van der Waals surface area contributed by atoms with Crippen molar-refractivity contribution >= 4 is 19.7 Å². The highest BCUT2D eigenvalue weighted by Gasteiger charge is 2.27. The van der Waals surface area contributed by atoms with E-state index in [4.69, 9.17) is 13.8 Å². The first-order chi connectivity index (χ1) is 43.9. The molecule has 9 nitrogen and oxygen atoms in total. The Kier molecular flexibility index (Phi) is 69.1. The summed E-state index contributed by atoms with van der Waals surface area (Å²) in [6.45, 7) is 6.93. The first kappa shape index (κ1) is 88.5. The average Bonchev–Trinajstić information content (AvgIpc) is 3.11. The number of allylic oxidation sites excluding steroid dienone is 3. The van der Waals surface area contributed by atoms with Crippen LogP contribution in [0.2, 0.25) is 0 Å². The van der Waals surface area contributed by atoms with Crippen LogP contribution >= 0.6 is 7.82 Å². The van der Waals surface area contributed by atoms with Gasteiger partial charge in [-0.15, -0.1) is 0 Å². The van der Waals surface area contributed by atoms with Crippen molar-refractivity contribution in [2.45, 2.75) is 437 Å². The summed E-state index contributed by atoms with van der Waals surface area (Å²) in [5, 5.41) is 3.06. The molecule has 0 aromatic heterocycles. The Balaban J connectivity index is 4.87. The van der Waals surface area contributed by atoms with E-state index < -0.39 is 20.0 Å². The Hall–Kier alpha value is -1.51. The second kappa shape index (κ2) is 70.3. The quantitative estimate of drug-likeness (QED) is 0.0212. The van der Waals surface area contributed by atoms with Crippen LogP contribution in [0.4, 0.5) is 0 Å². The molecule has 10 heteroatoms. The first-order valence-corrected chi connectivity index (χ1v) is 41.6. The van der Waals surface area contributed by atoms with Crippen molar-refractivity contribution in [3.05, 3.63) is 24.3 Å². The van der Waals surface area contributed by atoms with Crippen molar-refractivity contribution in [1.29, 1.82) is 0 Å². The molecule has 0 aliphatic heterocycles. The van der Waals surface area contributed by atoms with E-state index in [1.54, 1.807) is 0 Å². The van der Waals surface area contributed by atoms with Gasteiger partial charge in [-0.1, -0.05) is 379 Å². The molecule has 1 N–H and O–H groups in total. The third-order valence-electron chi connectivity index (χ3n) is 18.6. The summed E-state index contributed by atoms with van der Waals surface area (Å²) >= 11 is 0. The first-order valence-electron chi connectivity index (χ1n) is 40.1. The number of hydrogen-bond acceptors (Lipinski definition) is 7. The van der Waals surface area contributed by atoms with Gasteiger partial charge in [0.2, 0.25) is 5.91 Å². The van der Waals surface area contributed by atoms with Gasteiger partial charge in [-0.3, -0.25) is 14.2 Å². The predicted molar refractivity (Wildman–Crippen MR) is 390 cm³/mol. The maximum absolute atomic E-state index is 13.6. The van der Waals surface area contributed by atoms with E-state index in [9.17, 15) is 19.0 Å². The molecule has 0 aromatic rings. The van der Waals surface area contributed by atoms with Crippen molar-refractivity contribution in [3.63, 3.8) is 0 Å². The van der Waals surface area contributed by atoms with Gasteiger partial charge < -0.3 is 28.5 Å². The number of likely N-dealkylation sites (N-methyl/N-ethyl adjacent to an activating group) is 1. The van der Waals surface area contributed by atoms with Gasteiger partial charge in [0.1, 0.15) is 19.3 Å². The molecule has 0 aliphatic rings. The lowest BCUT2D eigenvalue weighted by molar-refractivity contribution is -0.870. The molecule has 0 aromatic carbocycles. The number of phosphoric ester groups is 1. The summed E-state index contributed by atoms with van der Waals surface area (Å²) in [4.78, 5) is 40.3. The Morgan fingerprint density at radius 3 is 0.944 bits per heavy atom. The highest BCUT2D eigenvalue weighted by Crippen LogP contribution is 2.38. The topological polar surface area (TPSA) is 114 Å². The molecule has 3 atom stereocenters. The van der Waals surface area contributed by atoms with Crippen molar-refractivity contribution < 1.29 is 37.3 Å². The maximum atomic E-state index is 13.6. The number of hydrogen-bond donors (Lipinski definition) is 1. The van der Waals surface area contributed by atoms with E-state index in [1.165, 1.54) is 334 Å². The number of carbonyl (C=O) groups is 2. The third-order valence-corrected chi connectivity index (χ3v) is 19.6. The van der Waals surface area contributed by atoms with Crippen molar-refractivity contribution in [1.82, 2.24) is 5.32 Å². The number of ether oxygens (including phenoxy) is 1. The van der Waals surface area contributed by atoms with Crippen molar-refractivity contribution in [2.75, 3.05) is 40.9 Å². The number of nitrogens with one attached hydrogen (secondary N) is 1. The number of nitrogens with zero attached hydrogens (tertiary/aromatic N) is 1. The molecular formula is C80H157N2O7P. The smallest absolute Gasteiger partial charge is 0.306 e. The molecule has 0 saturated heterocycles. The van der Waals surface area contributed by atoms with Gasteiger partial charge in [0.15, 0.2) is 0 Å². The van der Waals surface area contributed by atoms with Gasteiger partial charge in [0, 0.05) is 12.8 Å². The Labute approximate surface area is 562 Å². The lowest BCUT2D eigenvalue weighted by Crippen LogP contribution is -2.47. The number of rotatable bonds is 75. The van der Waals surface area contributed by atoms with Gasteiger partial charge in [0.05, 0.1) is 33.8 Å². The van der Waals surface area contributed by atoms with E-state index in [1.807, 2.05) is 33.3 Å². The molecule has 0 spiro atoms. The van der Waals surface area contributed by atoms with Crippen LogP contribution in [0.3, 0.4) is 0 Å². The monoisotopic (exact) mass is 1290 g/mol. The number of esters is 1. The zero-order chi connectivity index (χ0) is 65.6. The SMILES string of the molecule is CCCCCCCC/C=C/CCCCCCCCCCCCCCCCCC(=O)OC(/C=C/CCCCCCCCCCCC)C(COP(=O)([O-])OCC[N+](C)(C)C)NC(=O)CCCCCCCCCCCCCCCCCCCCCCCCCCCCC. The van der Waals surface area contributed by atoms with E-state index in [0.717, 1.165) is 57.8 Å². The van der Waals surface area contributed by atoms with E-state index in [2.05, 4.69) is 38.2 Å². The molecule has 0 fully saturated rings. The van der Waals surface area contributed by atoms with E-state index in [-0.39, 0.29) is 31.5 Å².